The molecule has 4 heterocycles. The van der Waals surface area contributed by atoms with Gasteiger partial charge < -0.3 is 34.2 Å². The normalized spacial score (nSPS) is 31.5. The molecule has 2 aromatic heterocycles. The maximum Gasteiger partial charge on any atom is 0.340 e. The van der Waals surface area contributed by atoms with E-state index in [0.717, 1.165) is 37.2 Å². The molecule has 0 bridgehead atoms. The minimum atomic E-state index is -4.83. The summed E-state index contributed by atoms with van der Waals surface area (Å²) in [5.74, 6) is 0.710. The number of aliphatic hydroxyl groups excluding tert-OH is 2. The van der Waals surface area contributed by atoms with Crippen molar-refractivity contribution in [2.24, 2.45) is 11.8 Å². The summed E-state index contributed by atoms with van der Waals surface area (Å²) in [6, 6.07) is 1.76. The zero-order chi connectivity index (χ0) is 25.8. The molecule has 4 N–H and O–H groups in total. The van der Waals surface area contributed by atoms with Crippen LogP contribution in [0.2, 0.25) is 5.28 Å². The van der Waals surface area contributed by atoms with Gasteiger partial charge in [-0.25, -0.2) is 13.4 Å². The summed E-state index contributed by atoms with van der Waals surface area (Å²) < 4.78 is 42.6. The number of halogens is 1. The van der Waals surface area contributed by atoms with Crippen molar-refractivity contribution in [3.63, 3.8) is 0 Å². The predicted molar refractivity (Wildman–Crippen MR) is 130 cm³/mol. The van der Waals surface area contributed by atoms with E-state index in [9.17, 15) is 23.2 Å². The second-order valence-corrected chi connectivity index (χ2v) is 14.6. The van der Waals surface area contributed by atoms with Crippen LogP contribution >= 0.6 is 19.2 Å². The molecule has 12 nitrogen and oxygen atoms in total. The molecule has 2 unspecified atom stereocenters. The number of rotatable bonds is 8. The van der Waals surface area contributed by atoms with Gasteiger partial charge in [-0.3, -0.25) is 4.57 Å². The Morgan fingerprint density at radius 2 is 1.83 bits per heavy atom. The molecule has 5 rings (SSSR count). The van der Waals surface area contributed by atoms with Crippen molar-refractivity contribution in [3.8, 4) is 0 Å². The third-order valence-electron chi connectivity index (χ3n) is 7.48. The van der Waals surface area contributed by atoms with Gasteiger partial charge in [-0.05, 0) is 42.3 Å². The lowest BCUT2D eigenvalue weighted by atomic mass is 10.0. The van der Waals surface area contributed by atoms with Gasteiger partial charge >= 0.3 is 7.60 Å². The van der Waals surface area contributed by atoms with Crippen LogP contribution in [0.25, 0.3) is 11.0 Å². The van der Waals surface area contributed by atoms with E-state index in [2.05, 4.69) is 14.9 Å². The highest BCUT2D eigenvalue weighted by atomic mass is 35.5. The zero-order valence-electron chi connectivity index (χ0n) is 19.4. The first-order valence-corrected chi connectivity index (χ1v) is 15.9. The summed E-state index contributed by atoms with van der Waals surface area (Å²) in [5.41, 5.74) is -0.252. The number of hydrogen-bond donors (Lipinski definition) is 4. The van der Waals surface area contributed by atoms with Crippen LogP contribution in [0.4, 0.5) is 0 Å². The number of aliphatic hydroxyl groups is 2. The van der Waals surface area contributed by atoms with Crippen LogP contribution in [-0.4, -0.2) is 97.0 Å². The van der Waals surface area contributed by atoms with E-state index < -0.39 is 53.2 Å². The number of fused-ring (bicyclic) bond motifs is 2. The summed E-state index contributed by atoms with van der Waals surface area (Å²) in [6.07, 6.45) is 0.515. The standard InChI is InChI=1S/C21H30ClN4O8PS/c22-21-23-15(5-6-25-8-12-2-1-3-13(12)9-25)14-4-7-26(19(14)24-21)20-18(28)17(27)16(34-20)10-36(32,33)11-35(29,30)31/h4,7,12-13,16-18,20,27-28H,1-3,5-6,8-11H2,(H2,29,30,31)/t12?,13?,16-,17-,18-,20-/m1/s1. The number of hydrogen-bond acceptors (Lipinski definition) is 9. The fraction of sp³-hybridized carbons (Fsp3) is 0.714. The first kappa shape index (κ1) is 26.5. The van der Waals surface area contributed by atoms with E-state index in [1.165, 1.54) is 23.8 Å². The molecule has 2 aromatic rings. The van der Waals surface area contributed by atoms with Crippen molar-refractivity contribution in [3.05, 3.63) is 23.2 Å². The van der Waals surface area contributed by atoms with Crippen molar-refractivity contribution >= 4 is 40.1 Å². The fourth-order valence-electron chi connectivity index (χ4n) is 5.90. The Kier molecular flexibility index (Phi) is 7.25. The molecule has 3 aliphatic rings. The average Bonchev–Trinajstić information content (AvgIpc) is 3.50. The molecular weight excluding hydrogens is 535 g/mol. The minimum absolute atomic E-state index is 0.0181. The Balaban J connectivity index is 1.33. The number of aromatic nitrogens is 3. The molecule has 15 heteroatoms. The monoisotopic (exact) mass is 564 g/mol. The Bertz CT molecular complexity index is 1270. The number of nitrogens with zero attached hydrogens (tertiary/aromatic N) is 4. The molecule has 1 aliphatic carbocycles. The van der Waals surface area contributed by atoms with Gasteiger partial charge in [0, 0.05) is 37.6 Å². The van der Waals surface area contributed by atoms with Crippen molar-refractivity contribution < 1.29 is 37.7 Å². The van der Waals surface area contributed by atoms with Gasteiger partial charge in [0.25, 0.3) is 0 Å². The summed E-state index contributed by atoms with van der Waals surface area (Å²) in [7, 11) is -9.10. The van der Waals surface area contributed by atoms with Crippen LogP contribution in [0.1, 0.15) is 31.2 Å². The largest absolute Gasteiger partial charge is 0.387 e. The molecule has 200 valence electrons. The molecule has 2 aliphatic heterocycles. The molecule has 36 heavy (non-hydrogen) atoms. The average molecular weight is 565 g/mol. The molecule has 6 atom stereocenters. The first-order valence-electron chi connectivity index (χ1n) is 11.9. The number of sulfone groups is 1. The fourth-order valence-corrected chi connectivity index (χ4v) is 9.33. The van der Waals surface area contributed by atoms with E-state index >= 15 is 0 Å². The lowest BCUT2D eigenvalue weighted by molar-refractivity contribution is -0.0288. The van der Waals surface area contributed by atoms with Crippen molar-refractivity contribution in [2.45, 2.75) is 50.2 Å². The molecule has 3 fully saturated rings. The summed E-state index contributed by atoms with van der Waals surface area (Å²) in [6.45, 7) is 3.03. The van der Waals surface area contributed by atoms with Crippen molar-refractivity contribution in [1.29, 1.82) is 0 Å². The molecule has 0 radical (unpaired) electrons. The van der Waals surface area contributed by atoms with Gasteiger partial charge in [0.1, 0.15) is 24.0 Å². The van der Waals surface area contributed by atoms with Gasteiger partial charge in [-0.2, -0.15) is 4.98 Å². The van der Waals surface area contributed by atoms with Crippen molar-refractivity contribution in [1.82, 2.24) is 19.4 Å². The Labute approximate surface area is 213 Å². The minimum Gasteiger partial charge on any atom is -0.387 e. The number of ether oxygens (including phenoxy) is 1. The van der Waals surface area contributed by atoms with E-state index in [-0.39, 0.29) is 5.28 Å². The zero-order valence-corrected chi connectivity index (χ0v) is 21.9. The van der Waals surface area contributed by atoms with Gasteiger partial charge in [0.15, 0.2) is 21.6 Å². The maximum atomic E-state index is 12.2. The Hall–Kier alpha value is -1.15. The van der Waals surface area contributed by atoms with Crippen LogP contribution < -0.4 is 0 Å². The summed E-state index contributed by atoms with van der Waals surface area (Å²) in [4.78, 5) is 29.2. The maximum absolute atomic E-state index is 12.2. The van der Waals surface area contributed by atoms with E-state index in [1.54, 1.807) is 12.3 Å². The lowest BCUT2D eigenvalue weighted by Crippen LogP contribution is -2.35. The van der Waals surface area contributed by atoms with E-state index in [0.29, 0.717) is 17.5 Å². The second-order valence-electron chi connectivity index (χ2n) is 10.1. The third-order valence-corrected chi connectivity index (χ3v) is 11.4. The van der Waals surface area contributed by atoms with Crippen LogP contribution in [0.3, 0.4) is 0 Å². The summed E-state index contributed by atoms with van der Waals surface area (Å²) in [5, 5.41) is 21.8. The molecule has 2 saturated heterocycles. The highest BCUT2D eigenvalue weighted by Gasteiger charge is 2.46. The predicted octanol–water partition coefficient (Wildman–Crippen LogP) is 0.528. The van der Waals surface area contributed by atoms with Crippen LogP contribution in [-0.2, 0) is 25.6 Å². The first-order chi connectivity index (χ1) is 16.9. The Morgan fingerprint density at radius 1 is 1.14 bits per heavy atom. The lowest BCUT2D eigenvalue weighted by Gasteiger charge is -2.18. The molecule has 0 aromatic carbocycles. The smallest absolute Gasteiger partial charge is 0.340 e. The summed E-state index contributed by atoms with van der Waals surface area (Å²) >= 11 is 6.22. The molecule has 1 saturated carbocycles. The van der Waals surface area contributed by atoms with E-state index in [4.69, 9.17) is 26.1 Å². The molecule has 0 amide bonds. The Morgan fingerprint density at radius 3 is 2.50 bits per heavy atom. The van der Waals surface area contributed by atoms with Gasteiger partial charge in [0.2, 0.25) is 5.28 Å². The van der Waals surface area contributed by atoms with Gasteiger partial charge in [-0.1, -0.05) is 6.42 Å². The molecular formula is C21H30ClN4O8PS. The van der Waals surface area contributed by atoms with Crippen LogP contribution in [0.15, 0.2) is 12.3 Å². The topological polar surface area (TPSA) is 175 Å². The van der Waals surface area contributed by atoms with Gasteiger partial charge in [0.05, 0.1) is 11.4 Å². The second kappa shape index (κ2) is 9.87. The SMILES string of the molecule is O=P(O)(O)CS(=O)(=O)C[C@H]1O[C@@H](n2ccc3c(CCN4CC5CCCC5C4)nc(Cl)nc32)[C@H](O)[C@@H]1O. The number of likely N-dealkylation sites (tertiary alicyclic amines) is 1. The van der Waals surface area contributed by atoms with Gasteiger partial charge in [-0.15, -0.1) is 0 Å². The van der Waals surface area contributed by atoms with E-state index in [1.807, 2.05) is 0 Å². The van der Waals surface area contributed by atoms with Crippen molar-refractivity contribution in [2.75, 3.05) is 30.9 Å². The third kappa shape index (κ3) is 5.50. The molecule has 0 spiro atoms. The highest BCUT2D eigenvalue weighted by molar-refractivity contribution is 7.97. The highest BCUT2D eigenvalue weighted by Crippen LogP contribution is 2.39. The quantitative estimate of drug-likeness (QED) is 0.260. The van der Waals surface area contributed by atoms with Crippen LogP contribution in [0, 0.1) is 11.8 Å². The van der Waals surface area contributed by atoms with Crippen LogP contribution in [0.5, 0.6) is 0 Å².